The molecule has 28 heavy (non-hydrogen) atoms. The predicted octanol–water partition coefficient (Wildman–Crippen LogP) is 3.26. The Kier molecular flexibility index (Phi) is 6.49. The lowest BCUT2D eigenvalue weighted by Crippen LogP contribution is -2.50. The van der Waals surface area contributed by atoms with Gasteiger partial charge in [-0.1, -0.05) is 29.8 Å². The van der Waals surface area contributed by atoms with Gasteiger partial charge in [-0.2, -0.15) is 0 Å². The van der Waals surface area contributed by atoms with Gasteiger partial charge in [0.2, 0.25) is 5.91 Å². The van der Waals surface area contributed by atoms with Crippen LogP contribution in [0.5, 0.6) is 0 Å². The number of nitrogens with zero attached hydrogens (tertiary/aromatic N) is 2. The number of hydrogen-bond acceptors (Lipinski definition) is 4. The number of aryl methyl sites for hydroxylation is 1. The minimum Gasteiger partial charge on any atom is -0.369 e. The number of urea groups is 1. The number of rotatable bonds is 4. The van der Waals surface area contributed by atoms with E-state index in [2.05, 4.69) is 15.5 Å². The Morgan fingerprint density at radius 2 is 1.82 bits per heavy atom. The maximum absolute atomic E-state index is 13.5. The normalized spacial score (nSPS) is 14.6. The van der Waals surface area contributed by atoms with Gasteiger partial charge in [-0.15, -0.1) is 0 Å². The molecule has 0 unspecified atom stereocenters. The summed E-state index contributed by atoms with van der Waals surface area (Å²) in [6.07, 6.45) is 0. The van der Waals surface area contributed by atoms with Crippen LogP contribution in [0.4, 0.5) is 20.6 Å². The average Bonchev–Trinajstić information content (AvgIpc) is 2.66. The van der Waals surface area contributed by atoms with E-state index in [9.17, 15) is 14.0 Å². The van der Waals surface area contributed by atoms with Crippen LogP contribution in [0.2, 0.25) is 5.02 Å². The van der Waals surface area contributed by atoms with Gasteiger partial charge in [-0.05, 0) is 36.8 Å². The number of amides is 3. The van der Waals surface area contributed by atoms with Crippen molar-refractivity contribution in [3.05, 3.63) is 58.9 Å². The zero-order valence-corrected chi connectivity index (χ0v) is 16.3. The van der Waals surface area contributed by atoms with Crippen LogP contribution in [0.25, 0.3) is 0 Å². The van der Waals surface area contributed by atoms with Crippen LogP contribution in [-0.4, -0.2) is 49.6 Å². The predicted molar refractivity (Wildman–Crippen MR) is 108 cm³/mol. The Bertz CT molecular complexity index is 869. The van der Waals surface area contributed by atoms with E-state index in [-0.39, 0.29) is 12.2 Å². The van der Waals surface area contributed by atoms with E-state index in [4.69, 9.17) is 11.6 Å². The summed E-state index contributed by atoms with van der Waals surface area (Å²) in [5.74, 6) is -0.987. The molecular formula is C20H22ClFN4O2. The zero-order valence-electron chi connectivity index (χ0n) is 15.5. The first kappa shape index (κ1) is 20.1. The van der Waals surface area contributed by atoms with Crippen molar-refractivity contribution < 1.29 is 14.0 Å². The Morgan fingerprint density at radius 1 is 1.11 bits per heavy atom. The molecule has 1 fully saturated rings. The van der Waals surface area contributed by atoms with Crippen LogP contribution in [-0.2, 0) is 4.79 Å². The van der Waals surface area contributed by atoms with Crippen molar-refractivity contribution in [2.75, 3.05) is 42.9 Å². The molecular weight excluding hydrogens is 383 g/mol. The maximum Gasteiger partial charge on any atom is 0.326 e. The van der Waals surface area contributed by atoms with E-state index in [1.165, 1.54) is 18.2 Å². The first-order valence-electron chi connectivity index (χ1n) is 9.01. The number of nitrogens with one attached hydrogen (secondary N) is 2. The van der Waals surface area contributed by atoms with Crippen LogP contribution in [0.1, 0.15) is 5.56 Å². The lowest BCUT2D eigenvalue weighted by molar-refractivity contribution is -0.121. The molecule has 1 saturated heterocycles. The van der Waals surface area contributed by atoms with Crippen molar-refractivity contribution in [1.29, 1.82) is 0 Å². The zero-order chi connectivity index (χ0) is 20.1. The smallest absolute Gasteiger partial charge is 0.326 e. The minimum absolute atomic E-state index is 0.0262. The van der Waals surface area contributed by atoms with Crippen molar-refractivity contribution in [1.82, 2.24) is 10.2 Å². The fraction of sp³-hybridized carbons (Fsp3) is 0.300. The van der Waals surface area contributed by atoms with Crippen LogP contribution in [0, 0.1) is 12.7 Å². The summed E-state index contributed by atoms with van der Waals surface area (Å²) in [5, 5.41) is 5.26. The first-order chi connectivity index (χ1) is 13.4. The van der Waals surface area contributed by atoms with Crippen LogP contribution in [0.15, 0.2) is 42.5 Å². The third-order valence-corrected chi connectivity index (χ3v) is 4.86. The number of halogens is 2. The molecule has 3 amide bonds. The SMILES string of the molecule is Cc1ccc(Cl)cc1N1CCN(CC(=O)NC(=O)Nc2ccccc2F)CC1. The molecule has 0 bridgehead atoms. The van der Waals surface area contributed by atoms with Gasteiger partial charge in [0.15, 0.2) is 0 Å². The summed E-state index contributed by atoms with van der Waals surface area (Å²) in [7, 11) is 0. The second kappa shape index (κ2) is 9.03. The second-order valence-electron chi connectivity index (χ2n) is 6.68. The molecule has 0 spiro atoms. The van der Waals surface area contributed by atoms with E-state index >= 15 is 0 Å². The largest absolute Gasteiger partial charge is 0.369 e. The molecule has 3 rings (SSSR count). The highest BCUT2D eigenvalue weighted by atomic mass is 35.5. The highest BCUT2D eigenvalue weighted by Gasteiger charge is 2.21. The van der Waals surface area contributed by atoms with Crippen LogP contribution < -0.4 is 15.5 Å². The van der Waals surface area contributed by atoms with Crippen molar-refractivity contribution in [2.45, 2.75) is 6.92 Å². The number of piperazine rings is 1. The van der Waals surface area contributed by atoms with Crippen molar-refractivity contribution in [2.24, 2.45) is 0 Å². The molecule has 2 aromatic carbocycles. The molecule has 1 heterocycles. The van der Waals surface area contributed by atoms with Gasteiger partial charge >= 0.3 is 6.03 Å². The number of anilines is 2. The fourth-order valence-corrected chi connectivity index (χ4v) is 3.32. The Labute approximate surface area is 168 Å². The molecule has 0 atom stereocenters. The van der Waals surface area contributed by atoms with E-state index in [1.807, 2.05) is 30.0 Å². The molecule has 1 aliphatic heterocycles. The van der Waals surface area contributed by atoms with Gasteiger partial charge in [-0.3, -0.25) is 15.0 Å². The van der Waals surface area contributed by atoms with Gasteiger partial charge in [0, 0.05) is 36.9 Å². The molecule has 0 aliphatic carbocycles. The number of carbonyl (C=O) groups is 2. The Morgan fingerprint density at radius 3 is 2.54 bits per heavy atom. The standard InChI is InChI=1S/C20H22ClFN4O2/c1-14-6-7-15(21)12-18(14)26-10-8-25(9-11-26)13-19(27)24-20(28)23-17-5-3-2-4-16(17)22/h2-7,12H,8-11,13H2,1H3,(H2,23,24,27,28). The highest BCUT2D eigenvalue weighted by Crippen LogP contribution is 2.25. The van der Waals surface area contributed by atoms with Crippen LogP contribution in [0.3, 0.4) is 0 Å². The average molecular weight is 405 g/mol. The topological polar surface area (TPSA) is 64.7 Å². The Balaban J connectivity index is 1.46. The number of hydrogen-bond donors (Lipinski definition) is 2. The number of carbonyl (C=O) groups excluding carboxylic acids is 2. The lowest BCUT2D eigenvalue weighted by Gasteiger charge is -2.36. The minimum atomic E-state index is -0.747. The number of para-hydroxylation sites is 1. The maximum atomic E-state index is 13.5. The quantitative estimate of drug-likeness (QED) is 0.821. The first-order valence-corrected chi connectivity index (χ1v) is 9.39. The summed E-state index contributed by atoms with van der Waals surface area (Å²) in [6.45, 7) is 5.04. The van der Waals surface area contributed by atoms with Crippen LogP contribution >= 0.6 is 11.6 Å². The summed E-state index contributed by atoms with van der Waals surface area (Å²) >= 11 is 6.10. The molecule has 148 valence electrons. The molecule has 0 aromatic heterocycles. The van der Waals surface area contributed by atoms with Gasteiger partial charge < -0.3 is 10.2 Å². The molecule has 0 saturated carbocycles. The molecule has 2 N–H and O–H groups in total. The second-order valence-corrected chi connectivity index (χ2v) is 7.11. The van der Waals surface area contributed by atoms with Gasteiger partial charge in [0.25, 0.3) is 0 Å². The van der Waals surface area contributed by atoms with E-state index in [0.717, 1.165) is 24.3 Å². The third kappa shape index (κ3) is 5.21. The molecule has 2 aromatic rings. The van der Waals surface area contributed by atoms with E-state index in [0.29, 0.717) is 18.1 Å². The number of benzene rings is 2. The Hall–Kier alpha value is -2.64. The highest BCUT2D eigenvalue weighted by molar-refractivity contribution is 6.30. The molecule has 1 aliphatic rings. The molecule has 8 heteroatoms. The fourth-order valence-electron chi connectivity index (χ4n) is 3.16. The van der Waals surface area contributed by atoms with Gasteiger partial charge in [0.1, 0.15) is 5.82 Å². The van der Waals surface area contributed by atoms with Gasteiger partial charge in [0.05, 0.1) is 12.2 Å². The monoisotopic (exact) mass is 404 g/mol. The summed E-state index contributed by atoms with van der Waals surface area (Å²) < 4.78 is 13.5. The van der Waals surface area contributed by atoms with Crippen molar-refractivity contribution >= 4 is 34.9 Å². The number of imide groups is 1. The summed E-state index contributed by atoms with van der Waals surface area (Å²) in [5.41, 5.74) is 2.28. The summed E-state index contributed by atoms with van der Waals surface area (Å²) in [6, 6.07) is 10.8. The third-order valence-electron chi connectivity index (χ3n) is 4.63. The van der Waals surface area contributed by atoms with Gasteiger partial charge in [-0.25, -0.2) is 9.18 Å². The summed E-state index contributed by atoms with van der Waals surface area (Å²) in [4.78, 5) is 28.2. The van der Waals surface area contributed by atoms with E-state index in [1.54, 1.807) is 6.07 Å². The lowest BCUT2D eigenvalue weighted by atomic mass is 10.1. The molecule has 0 radical (unpaired) electrons. The molecule has 6 nitrogen and oxygen atoms in total. The van der Waals surface area contributed by atoms with Crippen molar-refractivity contribution in [3.8, 4) is 0 Å². The van der Waals surface area contributed by atoms with Crippen molar-refractivity contribution in [3.63, 3.8) is 0 Å². The van der Waals surface area contributed by atoms with E-state index < -0.39 is 17.8 Å².